The fraction of sp³-hybridized carbons (Fsp3) is 0.435. The smallest absolute Gasteiger partial charge is 0.317 e. The summed E-state index contributed by atoms with van der Waals surface area (Å²) in [4.78, 5) is 14.2. The second-order valence-electron chi connectivity index (χ2n) is 8.15. The summed E-state index contributed by atoms with van der Waals surface area (Å²) in [6.45, 7) is 9.29. The topological polar surface area (TPSA) is 41.6 Å². The monoisotopic (exact) mass is 366 g/mol. The first-order chi connectivity index (χ1) is 12.9. The van der Waals surface area contributed by atoms with E-state index in [1.54, 1.807) is 0 Å². The fourth-order valence-corrected chi connectivity index (χ4v) is 3.29. The molecule has 0 radical (unpaired) electrons. The van der Waals surface area contributed by atoms with E-state index >= 15 is 0 Å². The average molecular weight is 367 g/mol. The molecule has 27 heavy (non-hydrogen) atoms. The molecular weight excluding hydrogens is 336 g/mol. The summed E-state index contributed by atoms with van der Waals surface area (Å²) in [6.07, 6.45) is 1.72. The number of nitrogens with one attached hydrogen (secondary N) is 1. The van der Waals surface area contributed by atoms with E-state index in [2.05, 4.69) is 56.4 Å². The van der Waals surface area contributed by atoms with Crippen molar-refractivity contribution in [1.82, 2.24) is 10.2 Å². The molecule has 4 nitrogen and oxygen atoms in total. The molecule has 0 bridgehead atoms. The van der Waals surface area contributed by atoms with Crippen molar-refractivity contribution in [2.75, 3.05) is 19.7 Å². The lowest BCUT2D eigenvalue weighted by Crippen LogP contribution is -2.43. The Labute approximate surface area is 162 Å². The molecule has 0 saturated carbocycles. The zero-order valence-corrected chi connectivity index (χ0v) is 16.6. The lowest BCUT2D eigenvalue weighted by atomic mass is 9.87. The van der Waals surface area contributed by atoms with E-state index < -0.39 is 0 Å². The minimum Gasteiger partial charge on any atom is -0.494 e. The van der Waals surface area contributed by atoms with Crippen LogP contribution in [0.15, 0.2) is 48.5 Å². The molecule has 0 spiro atoms. The highest BCUT2D eigenvalue weighted by Gasteiger charge is 2.19. The Balaban J connectivity index is 1.36. The predicted molar refractivity (Wildman–Crippen MR) is 109 cm³/mol. The Morgan fingerprint density at radius 3 is 2.48 bits per heavy atom. The largest absolute Gasteiger partial charge is 0.494 e. The number of fused-ring (bicyclic) bond motifs is 1. The quantitative estimate of drug-likeness (QED) is 0.791. The van der Waals surface area contributed by atoms with Crippen molar-refractivity contribution >= 4 is 6.03 Å². The Hall–Kier alpha value is -2.49. The maximum absolute atomic E-state index is 12.3. The van der Waals surface area contributed by atoms with Crippen LogP contribution >= 0.6 is 0 Å². The summed E-state index contributed by atoms with van der Waals surface area (Å²) >= 11 is 0. The van der Waals surface area contributed by atoms with Gasteiger partial charge in [-0.25, -0.2) is 4.79 Å². The summed E-state index contributed by atoms with van der Waals surface area (Å²) in [5.74, 6) is 0.877. The first kappa shape index (κ1) is 19.3. The number of rotatable bonds is 5. The van der Waals surface area contributed by atoms with Crippen LogP contribution in [-0.2, 0) is 18.4 Å². The molecule has 0 unspecified atom stereocenters. The van der Waals surface area contributed by atoms with E-state index in [1.165, 1.54) is 16.7 Å². The van der Waals surface area contributed by atoms with Gasteiger partial charge in [-0.05, 0) is 47.1 Å². The highest BCUT2D eigenvalue weighted by molar-refractivity contribution is 5.74. The molecule has 3 rings (SSSR count). The number of carbonyl (C=O) groups is 1. The third kappa shape index (κ3) is 5.25. The van der Waals surface area contributed by atoms with Gasteiger partial charge in [-0.3, -0.25) is 0 Å². The maximum Gasteiger partial charge on any atom is 0.317 e. The van der Waals surface area contributed by atoms with Gasteiger partial charge in [0, 0.05) is 19.6 Å². The summed E-state index contributed by atoms with van der Waals surface area (Å²) in [5.41, 5.74) is 4.05. The van der Waals surface area contributed by atoms with E-state index in [-0.39, 0.29) is 11.4 Å². The van der Waals surface area contributed by atoms with E-state index in [0.717, 1.165) is 25.1 Å². The van der Waals surface area contributed by atoms with Gasteiger partial charge in [-0.2, -0.15) is 0 Å². The van der Waals surface area contributed by atoms with Gasteiger partial charge in [0.15, 0.2) is 0 Å². The lowest BCUT2D eigenvalue weighted by Gasteiger charge is -2.29. The van der Waals surface area contributed by atoms with Crippen molar-refractivity contribution in [1.29, 1.82) is 0 Å². The SMILES string of the molecule is CC(C)(C)c1ccc(OCCCNC(=O)N2CCc3ccccc3C2)cc1. The zero-order valence-electron chi connectivity index (χ0n) is 16.6. The molecule has 2 aromatic carbocycles. The molecule has 1 heterocycles. The molecule has 4 heteroatoms. The van der Waals surface area contributed by atoms with E-state index in [1.807, 2.05) is 23.1 Å². The molecule has 0 atom stereocenters. The molecule has 0 fully saturated rings. The molecule has 0 aromatic heterocycles. The molecule has 0 saturated heterocycles. The standard InChI is InChI=1S/C23H30N2O2/c1-23(2,3)20-9-11-21(12-10-20)27-16-6-14-24-22(26)25-15-13-18-7-4-5-8-19(18)17-25/h4-5,7-12H,6,13-17H2,1-3H3,(H,24,26). The summed E-state index contributed by atoms with van der Waals surface area (Å²) in [7, 11) is 0. The molecule has 1 aliphatic rings. The lowest BCUT2D eigenvalue weighted by molar-refractivity contribution is 0.191. The van der Waals surface area contributed by atoms with Crippen LogP contribution in [-0.4, -0.2) is 30.6 Å². The Morgan fingerprint density at radius 2 is 1.78 bits per heavy atom. The second-order valence-corrected chi connectivity index (χ2v) is 8.15. The Kier molecular flexibility index (Phi) is 6.04. The van der Waals surface area contributed by atoms with Crippen LogP contribution in [0, 0.1) is 0 Å². The number of carbonyl (C=O) groups excluding carboxylic acids is 1. The van der Waals surface area contributed by atoms with Crippen molar-refractivity contribution in [3.63, 3.8) is 0 Å². The van der Waals surface area contributed by atoms with Gasteiger partial charge >= 0.3 is 6.03 Å². The van der Waals surface area contributed by atoms with Gasteiger partial charge in [0.05, 0.1) is 6.61 Å². The number of amides is 2. The van der Waals surface area contributed by atoms with Gasteiger partial charge in [-0.15, -0.1) is 0 Å². The number of nitrogens with zero attached hydrogens (tertiary/aromatic N) is 1. The Morgan fingerprint density at radius 1 is 1.07 bits per heavy atom. The molecule has 1 N–H and O–H groups in total. The van der Waals surface area contributed by atoms with Gasteiger partial charge < -0.3 is 15.0 Å². The van der Waals surface area contributed by atoms with Gasteiger partial charge in [0.2, 0.25) is 0 Å². The number of urea groups is 1. The van der Waals surface area contributed by atoms with Crippen molar-refractivity contribution in [3.8, 4) is 5.75 Å². The Bertz CT molecular complexity index is 763. The zero-order chi connectivity index (χ0) is 19.3. The first-order valence-electron chi connectivity index (χ1n) is 9.76. The highest BCUT2D eigenvalue weighted by atomic mass is 16.5. The van der Waals surface area contributed by atoms with Gasteiger partial charge in [0.25, 0.3) is 0 Å². The van der Waals surface area contributed by atoms with Crippen molar-refractivity contribution < 1.29 is 9.53 Å². The number of hydrogen-bond acceptors (Lipinski definition) is 2. The van der Waals surface area contributed by atoms with Gasteiger partial charge in [0.1, 0.15) is 5.75 Å². The third-order valence-electron chi connectivity index (χ3n) is 5.00. The number of benzene rings is 2. The van der Waals surface area contributed by atoms with Crippen LogP contribution in [0.5, 0.6) is 5.75 Å². The summed E-state index contributed by atoms with van der Waals surface area (Å²) in [5, 5.41) is 3.01. The third-order valence-corrected chi connectivity index (χ3v) is 5.00. The number of hydrogen-bond donors (Lipinski definition) is 1. The molecule has 144 valence electrons. The molecular formula is C23H30N2O2. The minimum atomic E-state index is 0.0130. The molecule has 2 amide bonds. The number of ether oxygens (including phenoxy) is 1. The molecule has 0 aliphatic carbocycles. The highest BCUT2D eigenvalue weighted by Crippen LogP contribution is 2.24. The predicted octanol–water partition coefficient (Wildman–Crippen LogP) is 4.52. The summed E-state index contributed by atoms with van der Waals surface area (Å²) in [6, 6.07) is 16.6. The normalized spacial score (nSPS) is 13.8. The van der Waals surface area contributed by atoms with Gasteiger partial charge in [-0.1, -0.05) is 57.2 Å². The van der Waals surface area contributed by atoms with Crippen LogP contribution in [0.4, 0.5) is 4.79 Å². The van der Waals surface area contributed by atoms with Crippen molar-refractivity contribution in [2.45, 2.75) is 45.6 Å². The van der Waals surface area contributed by atoms with Crippen LogP contribution in [0.3, 0.4) is 0 Å². The van der Waals surface area contributed by atoms with E-state index in [9.17, 15) is 4.79 Å². The fourth-order valence-electron chi connectivity index (χ4n) is 3.29. The van der Waals surface area contributed by atoms with Crippen molar-refractivity contribution in [2.24, 2.45) is 0 Å². The summed E-state index contributed by atoms with van der Waals surface area (Å²) < 4.78 is 5.78. The van der Waals surface area contributed by atoms with Crippen LogP contribution in [0.2, 0.25) is 0 Å². The maximum atomic E-state index is 12.3. The van der Waals surface area contributed by atoms with Crippen LogP contribution < -0.4 is 10.1 Å². The second kappa shape index (κ2) is 8.47. The average Bonchev–Trinajstić information content (AvgIpc) is 2.67. The molecule has 2 aromatic rings. The first-order valence-corrected chi connectivity index (χ1v) is 9.76. The van der Waals surface area contributed by atoms with Crippen molar-refractivity contribution in [3.05, 3.63) is 65.2 Å². The van der Waals surface area contributed by atoms with E-state index in [4.69, 9.17) is 4.74 Å². The van der Waals surface area contributed by atoms with Crippen LogP contribution in [0.1, 0.15) is 43.9 Å². The van der Waals surface area contributed by atoms with E-state index in [0.29, 0.717) is 19.7 Å². The molecule has 1 aliphatic heterocycles. The minimum absolute atomic E-state index is 0.0130. The van der Waals surface area contributed by atoms with Crippen LogP contribution in [0.25, 0.3) is 0 Å².